The largest absolute Gasteiger partial charge is 0.441 e. The second-order valence-electron chi connectivity index (χ2n) is 2.59. The van der Waals surface area contributed by atoms with Gasteiger partial charge in [-0.1, -0.05) is 0 Å². The van der Waals surface area contributed by atoms with E-state index in [-0.39, 0.29) is 0 Å². The molecule has 0 N–H and O–H groups in total. The Balaban J connectivity index is 2.43. The first-order valence-corrected chi connectivity index (χ1v) is 3.60. The Morgan fingerprint density at radius 2 is 1.33 bits per heavy atom. The molecule has 0 aromatic carbocycles. The van der Waals surface area contributed by atoms with Gasteiger partial charge in [-0.2, -0.15) is 0 Å². The fourth-order valence-corrected chi connectivity index (χ4v) is 0.904. The molecule has 0 bridgehead atoms. The third kappa shape index (κ3) is 1.11. The molecular weight excluding hydrogens is 156 g/mol. The Labute approximate surface area is 69.2 Å². The molecule has 0 unspecified atom stereocenters. The molecule has 2 heterocycles. The Kier molecular flexibility index (Phi) is 1.46. The number of aryl methyl sites for hydroxylation is 2. The molecule has 0 aliphatic heterocycles. The minimum absolute atomic E-state index is 0.431. The van der Waals surface area contributed by atoms with Crippen molar-refractivity contribution in [2.24, 2.45) is 0 Å². The van der Waals surface area contributed by atoms with Crippen molar-refractivity contribution in [2.45, 2.75) is 13.8 Å². The first kappa shape index (κ1) is 7.09. The standard InChI is InChI=1S/C8H8N2O2/c1-5-3-11-7(9-5)8-10-6(2)4-12-8/h3-4H,1-2H3. The quantitative estimate of drug-likeness (QED) is 0.646. The van der Waals surface area contributed by atoms with Gasteiger partial charge in [0.25, 0.3) is 11.8 Å². The molecule has 0 amide bonds. The van der Waals surface area contributed by atoms with Crippen LogP contribution in [0.25, 0.3) is 11.8 Å². The fourth-order valence-electron chi connectivity index (χ4n) is 0.904. The van der Waals surface area contributed by atoms with E-state index in [0.717, 1.165) is 11.4 Å². The van der Waals surface area contributed by atoms with Crippen molar-refractivity contribution < 1.29 is 8.83 Å². The second-order valence-corrected chi connectivity index (χ2v) is 2.59. The molecule has 0 spiro atoms. The van der Waals surface area contributed by atoms with E-state index < -0.39 is 0 Å². The predicted molar refractivity (Wildman–Crippen MR) is 41.5 cm³/mol. The number of aromatic nitrogens is 2. The molecule has 2 aromatic heterocycles. The molecule has 0 saturated carbocycles. The van der Waals surface area contributed by atoms with Crippen LogP contribution in [0.1, 0.15) is 11.4 Å². The highest BCUT2D eigenvalue weighted by Gasteiger charge is 2.09. The molecule has 0 aliphatic rings. The highest BCUT2D eigenvalue weighted by atomic mass is 16.4. The Bertz CT molecular complexity index is 351. The summed E-state index contributed by atoms with van der Waals surface area (Å²) in [4.78, 5) is 8.14. The molecule has 2 aromatic rings. The minimum atomic E-state index is 0.431. The van der Waals surface area contributed by atoms with E-state index in [1.54, 1.807) is 12.5 Å². The molecule has 0 saturated heterocycles. The third-order valence-electron chi connectivity index (χ3n) is 1.42. The Morgan fingerprint density at radius 1 is 0.917 bits per heavy atom. The predicted octanol–water partition coefficient (Wildman–Crippen LogP) is 1.95. The molecule has 12 heavy (non-hydrogen) atoms. The van der Waals surface area contributed by atoms with Crippen LogP contribution in [-0.2, 0) is 0 Å². The summed E-state index contributed by atoms with van der Waals surface area (Å²) in [5.41, 5.74) is 1.64. The maximum atomic E-state index is 5.10. The van der Waals surface area contributed by atoms with E-state index in [9.17, 15) is 0 Å². The number of oxazole rings is 2. The van der Waals surface area contributed by atoms with Crippen LogP contribution < -0.4 is 0 Å². The van der Waals surface area contributed by atoms with Gasteiger partial charge in [-0.3, -0.25) is 0 Å². The van der Waals surface area contributed by atoms with Gasteiger partial charge in [-0.25, -0.2) is 9.97 Å². The van der Waals surface area contributed by atoms with Gasteiger partial charge >= 0.3 is 0 Å². The Hall–Kier alpha value is -1.58. The lowest BCUT2D eigenvalue weighted by atomic mass is 10.5. The minimum Gasteiger partial charge on any atom is -0.441 e. The monoisotopic (exact) mass is 164 g/mol. The van der Waals surface area contributed by atoms with Gasteiger partial charge < -0.3 is 8.83 Å². The summed E-state index contributed by atoms with van der Waals surface area (Å²) in [7, 11) is 0. The van der Waals surface area contributed by atoms with Crippen molar-refractivity contribution in [2.75, 3.05) is 0 Å². The van der Waals surface area contributed by atoms with Crippen molar-refractivity contribution in [1.82, 2.24) is 9.97 Å². The van der Waals surface area contributed by atoms with Crippen LogP contribution >= 0.6 is 0 Å². The molecule has 4 nitrogen and oxygen atoms in total. The van der Waals surface area contributed by atoms with Crippen LogP contribution in [0.4, 0.5) is 0 Å². The SMILES string of the molecule is Cc1coc(-c2nc(C)co2)n1. The molecule has 0 aliphatic carbocycles. The molecule has 0 atom stereocenters. The van der Waals surface area contributed by atoms with Crippen LogP contribution in [-0.4, -0.2) is 9.97 Å². The smallest absolute Gasteiger partial charge is 0.283 e. The zero-order chi connectivity index (χ0) is 8.55. The number of rotatable bonds is 1. The third-order valence-corrected chi connectivity index (χ3v) is 1.42. The van der Waals surface area contributed by atoms with Gasteiger partial charge in [0.05, 0.1) is 11.4 Å². The van der Waals surface area contributed by atoms with Crippen molar-refractivity contribution >= 4 is 0 Å². The molecule has 0 fully saturated rings. The molecule has 0 radical (unpaired) electrons. The number of hydrogen-bond acceptors (Lipinski definition) is 4. The fraction of sp³-hybridized carbons (Fsp3) is 0.250. The first-order valence-electron chi connectivity index (χ1n) is 3.60. The van der Waals surface area contributed by atoms with Crippen molar-refractivity contribution in [3.05, 3.63) is 23.9 Å². The van der Waals surface area contributed by atoms with Crippen molar-refractivity contribution in [3.8, 4) is 11.8 Å². The van der Waals surface area contributed by atoms with E-state index in [1.165, 1.54) is 0 Å². The summed E-state index contributed by atoms with van der Waals surface area (Å²) in [6, 6.07) is 0. The lowest BCUT2D eigenvalue weighted by molar-refractivity contribution is 0.509. The Morgan fingerprint density at radius 3 is 1.58 bits per heavy atom. The number of hydrogen-bond donors (Lipinski definition) is 0. The summed E-state index contributed by atoms with van der Waals surface area (Å²) in [5, 5.41) is 0. The van der Waals surface area contributed by atoms with Gasteiger partial charge in [0.15, 0.2) is 0 Å². The van der Waals surface area contributed by atoms with E-state index >= 15 is 0 Å². The van der Waals surface area contributed by atoms with Gasteiger partial charge in [0, 0.05) is 0 Å². The second kappa shape index (κ2) is 2.48. The van der Waals surface area contributed by atoms with E-state index in [4.69, 9.17) is 8.83 Å². The summed E-state index contributed by atoms with van der Waals surface area (Å²) >= 11 is 0. The van der Waals surface area contributed by atoms with Crippen LogP contribution in [0, 0.1) is 13.8 Å². The topological polar surface area (TPSA) is 52.1 Å². The zero-order valence-corrected chi connectivity index (χ0v) is 6.87. The summed E-state index contributed by atoms with van der Waals surface area (Å²) < 4.78 is 10.2. The van der Waals surface area contributed by atoms with Gasteiger partial charge in [0.1, 0.15) is 12.5 Å². The number of nitrogens with zero attached hydrogens (tertiary/aromatic N) is 2. The first-order chi connectivity index (χ1) is 5.75. The molecule has 2 rings (SSSR count). The summed E-state index contributed by atoms with van der Waals surface area (Å²) in [6.07, 6.45) is 3.13. The van der Waals surface area contributed by atoms with Crippen molar-refractivity contribution in [3.63, 3.8) is 0 Å². The lowest BCUT2D eigenvalue weighted by Crippen LogP contribution is -1.77. The average Bonchev–Trinajstić information content (AvgIpc) is 2.58. The van der Waals surface area contributed by atoms with Crippen LogP contribution in [0.15, 0.2) is 21.4 Å². The van der Waals surface area contributed by atoms with Crippen LogP contribution in [0.3, 0.4) is 0 Å². The maximum absolute atomic E-state index is 5.10. The van der Waals surface area contributed by atoms with Crippen LogP contribution in [0.5, 0.6) is 0 Å². The highest BCUT2D eigenvalue weighted by Crippen LogP contribution is 2.16. The molecule has 62 valence electrons. The van der Waals surface area contributed by atoms with Gasteiger partial charge in [-0.05, 0) is 13.8 Å². The highest BCUT2D eigenvalue weighted by molar-refractivity contribution is 5.37. The van der Waals surface area contributed by atoms with E-state index in [0.29, 0.717) is 11.8 Å². The zero-order valence-electron chi connectivity index (χ0n) is 6.87. The maximum Gasteiger partial charge on any atom is 0.283 e. The van der Waals surface area contributed by atoms with Crippen LogP contribution in [0.2, 0.25) is 0 Å². The molecular formula is C8H8N2O2. The normalized spacial score (nSPS) is 10.5. The van der Waals surface area contributed by atoms with E-state index in [1.807, 2.05) is 13.8 Å². The van der Waals surface area contributed by atoms with Gasteiger partial charge in [0.2, 0.25) is 0 Å². The summed E-state index contributed by atoms with van der Waals surface area (Å²) in [5.74, 6) is 0.862. The van der Waals surface area contributed by atoms with Crippen molar-refractivity contribution in [1.29, 1.82) is 0 Å². The lowest BCUT2D eigenvalue weighted by Gasteiger charge is -1.82. The average molecular weight is 164 g/mol. The van der Waals surface area contributed by atoms with E-state index in [2.05, 4.69) is 9.97 Å². The molecule has 4 heteroatoms. The van der Waals surface area contributed by atoms with Gasteiger partial charge in [-0.15, -0.1) is 0 Å². The summed E-state index contributed by atoms with van der Waals surface area (Å²) in [6.45, 7) is 3.70.